The van der Waals surface area contributed by atoms with Crippen LogP contribution >= 0.6 is 0 Å². The molecular weight excluding hydrogens is 273 g/mol. The van der Waals surface area contributed by atoms with Crippen molar-refractivity contribution < 1.29 is 17.9 Å². The Morgan fingerprint density at radius 3 is 2.45 bits per heavy atom. The SMILES string of the molecule is N#Cc1cc(N)ccc1Oc1ccc(C(F)(F)F)nn1. The van der Waals surface area contributed by atoms with Crippen LogP contribution in [0, 0.1) is 11.3 Å². The van der Waals surface area contributed by atoms with Crippen LogP contribution < -0.4 is 10.5 Å². The maximum atomic E-state index is 12.3. The van der Waals surface area contributed by atoms with Gasteiger partial charge in [-0.3, -0.25) is 0 Å². The molecule has 0 bridgehead atoms. The molecule has 102 valence electrons. The number of ether oxygens (including phenoxy) is 1. The second-order valence-corrected chi connectivity index (χ2v) is 3.72. The first-order chi connectivity index (χ1) is 9.40. The number of aromatic nitrogens is 2. The van der Waals surface area contributed by atoms with E-state index in [2.05, 4.69) is 10.2 Å². The van der Waals surface area contributed by atoms with Crippen LogP contribution in [0.4, 0.5) is 18.9 Å². The van der Waals surface area contributed by atoms with Gasteiger partial charge in [-0.2, -0.15) is 18.4 Å². The number of hydrogen-bond acceptors (Lipinski definition) is 5. The van der Waals surface area contributed by atoms with Crippen molar-refractivity contribution >= 4 is 5.69 Å². The molecule has 5 nitrogen and oxygen atoms in total. The lowest BCUT2D eigenvalue weighted by Gasteiger charge is -2.08. The second-order valence-electron chi connectivity index (χ2n) is 3.72. The van der Waals surface area contributed by atoms with Gasteiger partial charge in [-0.05, 0) is 24.3 Å². The fourth-order valence-electron chi connectivity index (χ4n) is 1.36. The molecule has 0 fully saturated rings. The van der Waals surface area contributed by atoms with Gasteiger partial charge in [-0.1, -0.05) is 0 Å². The zero-order valence-electron chi connectivity index (χ0n) is 9.85. The van der Waals surface area contributed by atoms with Gasteiger partial charge in [0.1, 0.15) is 11.8 Å². The Labute approximate surface area is 111 Å². The highest BCUT2D eigenvalue weighted by Gasteiger charge is 2.33. The maximum absolute atomic E-state index is 12.3. The molecule has 1 aromatic carbocycles. The van der Waals surface area contributed by atoms with E-state index in [1.807, 2.05) is 6.07 Å². The normalized spacial score (nSPS) is 10.9. The van der Waals surface area contributed by atoms with Gasteiger partial charge in [0.05, 0.1) is 5.56 Å². The third-order valence-electron chi connectivity index (χ3n) is 2.27. The van der Waals surface area contributed by atoms with Crippen LogP contribution in [0.3, 0.4) is 0 Å². The summed E-state index contributed by atoms with van der Waals surface area (Å²) in [5.41, 5.74) is 4.90. The Balaban J connectivity index is 2.25. The largest absolute Gasteiger partial charge is 0.436 e. The summed E-state index contributed by atoms with van der Waals surface area (Å²) in [6.07, 6.45) is -4.56. The molecule has 1 heterocycles. The average Bonchev–Trinajstić information content (AvgIpc) is 2.40. The van der Waals surface area contributed by atoms with Gasteiger partial charge in [0.15, 0.2) is 5.69 Å². The van der Waals surface area contributed by atoms with E-state index in [-0.39, 0.29) is 17.2 Å². The zero-order valence-corrected chi connectivity index (χ0v) is 9.85. The Morgan fingerprint density at radius 2 is 1.90 bits per heavy atom. The molecular formula is C12H7F3N4O. The summed E-state index contributed by atoms with van der Waals surface area (Å²) in [7, 11) is 0. The Kier molecular flexibility index (Phi) is 3.43. The van der Waals surface area contributed by atoms with E-state index in [0.29, 0.717) is 5.69 Å². The van der Waals surface area contributed by atoms with E-state index < -0.39 is 11.9 Å². The average molecular weight is 280 g/mol. The van der Waals surface area contributed by atoms with Gasteiger partial charge >= 0.3 is 6.18 Å². The van der Waals surface area contributed by atoms with Crippen molar-refractivity contribution in [3.8, 4) is 17.7 Å². The van der Waals surface area contributed by atoms with Crippen molar-refractivity contribution in [2.24, 2.45) is 0 Å². The number of nitrogens with two attached hydrogens (primary N) is 1. The lowest BCUT2D eigenvalue weighted by atomic mass is 10.2. The van der Waals surface area contributed by atoms with Gasteiger partial charge in [0.2, 0.25) is 5.88 Å². The quantitative estimate of drug-likeness (QED) is 0.855. The highest BCUT2D eigenvalue weighted by molar-refractivity contribution is 5.53. The maximum Gasteiger partial charge on any atom is 0.435 e. The molecule has 0 aliphatic rings. The van der Waals surface area contributed by atoms with Crippen LogP contribution in [0.25, 0.3) is 0 Å². The zero-order chi connectivity index (χ0) is 14.8. The summed E-state index contributed by atoms with van der Waals surface area (Å²) >= 11 is 0. The fraction of sp³-hybridized carbons (Fsp3) is 0.0833. The van der Waals surface area contributed by atoms with E-state index in [1.165, 1.54) is 18.2 Å². The first kappa shape index (κ1) is 13.6. The van der Waals surface area contributed by atoms with Crippen molar-refractivity contribution in [1.29, 1.82) is 5.26 Å². The summed E-state index contributed by atoms with van der Waals surface area (Å²) < 4.78 is 42.1. The summed E-state index contributed by atoms with van der Waals surface area (Å²) in [4.78, 5) is 0. The van der Waals surface area contributed by atoms with Crippen LogP contribution in [-0.4, -0.2) is 10.2 Å². The van der Waals surface area contributed by atoms with Crippen molar-refractivity contribution in [3.05, 3.63) is 41.6 Å². The minimum Gasteiger partial charge on any atom is -0.436 e. The van der Waals surface area contributed by atoms with E-state index in [0.717, 1.165) is 12.1 Å². The van der Waals surface area contributed by atoms with Gasteiger partial charge in [0.25, 0.3) is 0 Å². The number of benzene rings is 1. The fourth-order valence-corrected chi connectivity index (χ4v) is 1.36. The highest BCUT2D eigenvalue weighted by Crippen LogP contribution is 2.29. The van der Waals surface area contributed by atoms with Crippen molar-refractivity contribution in [2.45, 2.75) is 6.18 Å². The molecule has 0 spiro atoms. The molecule has 0 aliphatic heterocycles. The van der Waals surface area contributed by atoms with E-state index >= 15 is 0 Å². The van der Waals surface area contributed by atoms with Crippen molar-refractivity contribution in [3.63, 3.8) is 0 Å². The number of nitriles is 1. The molecule has 2 N–H and O–H groups in total. The third kappa shape index (κ3) is 2.95. The molecule has 20 heavy (non-hydrogen) atoms. The molecule has 2 rings (SSSR count). The van der Waals surface area contributed by atoms with Crippen LogP contribution in [0.15, 0.2) is 30.3 Å². The molecule has 1 aromatic heterocycles. The van der Waals surface area contributed by atoms with Gasteiger partial charge < -0.3 is 10.5 Å². The smallest absolute Gasteiger partial charge is 0.435 e. The van der Waals surface area contributed by atoms with Crippen LogP contribution in [-0.2, 0) is 6.18 Å². The summed E-state index contributed by atoms with van der Waals surface area (Å²) in [5.74, 6) is -0.0185. The lowest BCUT2D eigenvalue weighted by molar-refractivity contribution is -0.141. The van der Waals surface area contributed by atoms with E-state index in [9.17, 15) is 13.2 Å². The first-order valence-electron chi connectivity index (χ1n) is 5.28. The molecule has 0 unspecified atom stereocenters. The number of nitrogens with zero attached hydrogens (tertiary/aromatic N) is 3. The lowest BCUT2D eigenvalue weighted by Crippen LogP contribution is -2.08. The van der Waals surface area contributed by atoms with E-state index in [4.69, 9.17) is 15.7 Å². The third-order valence-corrected chi connectivity index (χ3v) is 2.27. The van der Waals surface area contributed by atoms with Gasteiger partial charge in [0, 0.05) is 11.8 Å². The summed E-state index contributed by atoms with van der Waals surface area (Å²) in [5, 5.41) is 15.2. The molecule has 0 saturated heterocycles. The summed E-state index contributed by atoms with van der Waals surface area (Å²) in [6.45, 7) is 0. The predicted octanol–water partition coefficient (Wildman–Crippen LogP) is 2.74. The van der Waals surface area contributed by atoms with Crippen LogP contribution in [0.2, 0.25) is 0 Å². The van der Waals surface area contributed by atoms with Crippen molar-refractivity contribution in [2.75, 3.05) is 5.73 Å². The minimum absolute atomic E-state index is 0.135. The highest BCUT2D eigenvalue weighted by atomic mass is 19.4. The second kappa shape index (κ2) is 5.05. The van der Waals surface area contributed by atoms with Gasteiger partial charge in [-0.15, -0.1) is 10.2 Å². The Hall–Kier alpha value is -2.82. The monoisotopic (exact) mass is 280 g/mol. The minimum atomic E-state index is -4.56. The molecule has 8 heteroatoms. The van der Waals surface area contributed by atoms with Crippen molar-refractivity contribution in [1.82, 2.24) is 10.2 Å². The predicted molar refractivity (Wildman–Crippen MR) is 62.7 cm³/mol. The van der Waals surface area contributed by atoms with Crippen LogP contribution in [0.1, 0.15) is 11.3 Å². The topological polar surface area (TPSA) is 84.8 Å². The Bertz CT molecular complexity index is 662. The number of halogens is 3. The molecule has 2 aromatic rings. The molecule has 0 radical (unpaired) electrons. The molecule has 0 saturated carbocycles. The molecule has 0 atom stereocenters. The molecule has 0 aliphatic carbocycles. The van der Waals surface area contributed by atoms with Gasteiger partial charge in [-0.25, -0.2) is 0 Å². The van der Waals surface area contributed by atoms with Crippen LogP contribution in [0.5, 0.6) is 11.6 Å². The Morgan fingerprint density at radius 1 is 1.15 bits per heavy atom. The number of nitrogen functional groups attached to an aromatic ring is 1. The summed E-state index contributed by atoms with van der Waals surface area (Å²) in [6, 6.07) is 7.92. The number of anilines is 1. The number of rotatable bonds is 2. The van der Waals surface area contributed by atoms with E-state index in [1.54, 1.807) is 0 Å². The number of alkyl halides is 3. The standard InChI is InChI=1S/C12H7F3N4O/c13-12(14,15)10-3-4-11(19-18-10)20-9-2-1-8(17)5-7(9)6-16/h1-5H,17H2. The first-order valence-corrected chi connectivity index (χ1v) is 5.28. The number of hydrogen-bond donors (Lipinski definition) is 1. The molecule has 0 amide bonds.